The fourth-order valence-electron chi connectivity index (χ4n) is 1.86. The lowest BCUT2D eigenvalue weighted by Gasteiger charge is -2.14. The van der Waals surface area contributed by atoms with Gasteiger partial charge in [-0.2, -0.15) is 0 Å². The molecular weight excluding hydrogens is 214 g/mol. The van der Waals surface area contributed by atoms with Crippen molar-refractivity contribution < 1.29 is 0 Å². The van der Waals surface area contributed by atoms with E-state index in [1.54, 1.807) is 0 Å². The van der Waals surface area contributed by atoms with Gasteiger partial charge in [0, 0.05) is 9.75 Å². The number of rotatable bonds is 4. The van der Waals surface area contributed by atoms with Gasteiger partial charge in [0.15, 0.2) is 0 Å². The van der Waals surface area contributed by atoms with Crippen molar-refractivity contribution in [2.24, 2.45) is 0 Å². The molecule has 0 aliphatic rings. The molecule has 1 nitrogen and oxygen atoms in total. The second-order valence-electron chi connectivity index (χ2n) is 3.79. The fourth-order valence-corrected chi connectivity index (χ4v) is 2.95. The first kappa shape index (κ1) is 11.4. The molecule has 2 rings (SSSR count). The number of benzene rings is 1. The van der Waals surface area contributed by atoms with Gasteiger partial charge in [-0.05, 0) is 31.2 Å². The van der Waals surface area contributed by atoms with Gasteiger partial charge in [0.1, 0.15) is 0 Å². The molecule has 1 N–H and O–H groups in total. The summed E-state index contributed by atoms with van der Waals surface area (Å²) in [5, 5.41) is 3.38. The van der Waals surface area contributed by atoms with Gasteiger partial charge in [-0.25, -0.2) is 0 Å². The highest BCUT2D eigenvalue weighted by atomic mass is 32.1. The smallest absolute Gasteiger partial charge is 0.0668 e. The van der Waals surface area contributed by atoms with Crippen LogP contribution < -0.4 is 5.32 Å². The molecule has 0 bridgehead atoms. The van der Waals surface area contributed by atoms with Crippen LogP contribution in [0.15, 0.2) is 42.5 Å². The molecule has 0 spiro atoms. The molecule has 0 aliphatic carbocycles. The first-order valence-corrected chi connectivity index (χ1v) is 6.47. The summed E-state index contributed by atoms with van der Waals surface area (Å²) < 4.78 is 0. The Kier molecular flexibility index (Phi) is 3.75. The van der Waals surface area contributed by atoms with Gasteiger partial charge in [-0.3, -0.25) is 0 Å². The van der Waals surface area contributed by atoms with E-state index in [0.717, 1.165) is 6.42 Å². The van der Waals surface area contributed by atoms with E-state index in [9.17, 15) is 0 Å². The third-order valence-electron chi connectivity index (χ3n) is 2.74. The molecule has 2 aromatic rings. The molecule has 1 aromatic heterocycles. The van der Waals surface area contributed by atoms with Crippen LogP contribution in [-0.4, -0.2) is 7.05 Å². The predicted octanol–water partition coefficient (Wildman–Crippen LogP) is 3.62. The van der Waals surface area contributed by atoms with Gasteiger partial charge in [0.25, 0.3) is 0 Å². The van der Waals surface area contributed by atoms with Crippen molar-refractivity contribution >= 4 is 11.3 Å². The van der Waals surface area contributed by atoms with Crippen molar-refractivity contribution in [1.29, 1.82) is 0 Å². The second-order valence-corrected chi connectivity index (χ2v) is 4.99. The summed E-state index contributed by atoms with van der Waals surface area (Å²) in [5.74, 6) is 0. The maximum atomic E-state index is 3.38. The molecule has 0 saturated carbocycles. The lowest BCUT2D eigenvalue weighted by atomic mass is 10.1. The Balaban J connectivity index is 2.29. The summed E-state index contributed by atoms with van der Waals surface area (Å²) in [7, 11) is 2.02. The standard InChI is InChI=1S/C14H17NS/c1-3-12-9-10-13(16-12)14(15-2)11-7-5-4-6-8-11/h4-10,14-15H,3H2,1-2H3. The largest absolute Gasteiger partial charge is 0.309 e. The van der Waals surface area contributed by atoms with Crippen LogP contribution >= 0.6 is 11.3 Å². The van der Waals surface area contributed by atoms with Gasteiger partial charge in [0.05, 0.1) is 6.04 Å². The zero-order valence-electron chi connectivity index (χ0n) is 9.73. The van der Waals surface area contributed by atoms with E-state index in [-0.39, 0.29) is 0 Å². The molecule has 1 aromatic carbocycles. The van der Waals surface area contributed by atoms with Crippen LogP contribution in [0.2, 0.25) is 0 Å². The molecule has 1 heterocycles. The quantitative estimate of drug-likeness (QED) is 0.847. The molecule has 0 fully saturated rings. The average molecular weight is 231 g/mol. The minimum absolute atomic E-state index is 0.325. The van der Waals surface area contributed by atoms with E-state index in [1.807, 2.05) is 18.4 Å². The molecule has 2 heteroatoms. The Morgan fingerprint density at radius 3 is 2.44 bits per heavy atom. The van der Waals surface area contributed by atoms with E-state index < -0.39 is 0 Å². The number of hydrogen-bond donors (Lipinski definition) is 1. The van der Waals surface area contributed by atoms with E-state index >= 15 is 0 Å². The number of aryl methyl sites for hydroxylation is 1. The number of nitrogens with one attached hydrogen (secondary N) is 1. The summed E-state index contributed by atoms with van der Waals surface area (Å²) in [5.41, 5.74) is 1.33. The van der Waals surface area contributed by atoms with E-state index in [4.69, 9.17) is 0 Å². The summed E-state index contributed by atoms with van der Waals surface area (Å²) in [6.45, 7) is 2.20. The highest BCUT2D eigenvalue weighted by Crippen LogP contribution is 2.28. The van der Waals surface area contributed by atoms with Crippen molar-refractivity contribution in [2.45, 2.75) is 19.4 Å². The predicted molar refractivity (Wildman–Crippen MR) is 71.0 cm³/mol. The van der Waals surface area contributed by atoms with Crippen molar-refractivity contribution in [3.8, 4) is 0 Å². The SMILES string of the molecule is CCc1ccc(C(NC)c2ccccc2)s1. The zero-order chi connectivity index (χ0) is 11.4. The van der Waals surface area contributed by atoms with Crippen LogP contribution in [0, 0.1) is 0 Å². The van der Waals surface area contributed by atoms with Gasteiger partial charge in [-0.1, -0.05) is 37.3 Å². The Bertz CT molecular complexity index is 433. The summed E-state index contributed by atoms with van der Waals surface area (Å²) in [6, 6.07) is 15.4. The second kappa shape index (κ2) is 5.28. The molecule has 84 valence electrons. The van der Waals surface area contributed by atoms with Gasteiger partial charge < -0.3 is 5.32 Å². The van der Waals surface area contributed by atoms with Crippen LogP contribution in [0.4, 0.5) is 0 Å². The number of thiophene rings is 1. The maximum Gasteiger partial charge on any atom is 0.0668 e. The molecule has 0 aliphatic heterocycles. The highest BCUT2D eigenvalue weighted by Gasteiger charge is 2.13. The van der Waals surface area contributed by atoms with Gasteiger partial charge in [0.2, 0.25) is 0 Å². The maximum absolute atomic E-state index is 3.38. The van der Waals surface area contributed by atoms with E-state index in [1.165, 1.54) is 15.3 Å². The minimum atomic E-state index is 0.325. The average Bonchev–Trinajstić information content (AvgIpc) is 2.80. The lowest BCUT2D eigenvalue weighted by Crippen LogP contribution is -2.16. The molecule has 0 radical (unpaired) electrons. The molecule has 16 heavy (non-hydrogen) atoms. The third-order valence-corrected chi connectivity index (χ3v) is 4.03. The Morgan fingerprint density at radius 1 is 1.12 bits per heavy atom. The van der Waals surface area contributed by atoms with Crippen LogP contribution in [0.3, 0.4) is 0 Å². The summed E-state index contributed by atoms with van der Waals surface area (Å²) >= 11 is 1.90. The van der Waals surface area contributed by atoms with Crippen LogP contribution in [0.1, 0.15) is 28.3 Å². The minimum Gasteiger partial charge on any atom is -0.309 e. The van der Waals surface area contributed by atoms with Crippen LogP contribution in [0.25, 0.3) is 0 Å². The van der Waals surface area contributed by atoms with E-state index in [0.29, 0.717) is 6.04 Å². The van der Waals surface area contributed by atoms with Crippen LogP contribution in [0.5, 0.6) is 0 Å². The molecule has 0 saturated heterocycles. The Hall–Kier alpha value is -1.12. The Morgan fingerprint density at radius 2 is 1.88 bits per heavy atom. The molecule has 0 amide bonds. The highest BCUT2D eigenvalue weighted by molar-refractivity contribution is 7.12. The third kappa shape index (κ3) is 2.34. The monoisotopic (exact) mass is 231 g/mol. The van der Waals surface area contributed by atoms with Crippen molar-refractivity contribution in [1.82, 2.24) is 5.32 Å². The van der Waals surface area contributed by atoms with Gasteiger partial charge >= 0.3 is 0 Å². The lowest BCUT2D eigenvalue weighted by molar-refractivity contribution is 0.704. The topological polar surface area (TPSA) is 12.0 Å². The molecular formula is C14H17NS. The first-order chi connectivity index (χ1) is 7.85. The van der Waals surface area contributed by atoms with Crippen LogP contribution in [-0.2, 0) is 6.42 Å². The molecule has 1 atom stereocenters. The van der Waals surface area contributed by atoms with Crippen molar-refractivity contribution in [3.63, 3.8) is 0 Å². The van der Waals surface area contributed by atoms with Crippen molar-refractivity contribution in [3.05, 3.63) is 57.8 Å². The first-order valence-electron chi connectivity index (χ1n) is 5.66. The molecule has 1 unspecified atom stereocenters. The summed E-state index contributed by atoms with van der Waals surface area (Å²) in [4.78, 5) is 2.84. The zero-order valence-corrected chi connectivity index (χ0v) is 10.6. The van der Waals surface area contributed by atoms with E-state index in [2.05, 4.69) is 54.7 Å². The van der Waals surface area contributed by atoms with Crippen molar-refractivity contribution in [2.75, 3.05) is 7.05 Å². The normalized spacial score (nSPS) is 12.6. The fraction of sp³-hybridized carbons (Fsp3) is 0.286. The summed E-state index contributed by atoms with van der Waals surface area (Å²) in [6.07, 6.45) is 1.12. The Labute approximate surface area is 101 Å². The number of hydrogen-bond acceptors (Lipinski definition) is 2. The van der Waals surface area contributed by atoms with Gasteiger partial charge in [-0.15, -0.1) is 11.3 Å².